The number of thiophene rings is 1. The second-order valence-corrected chi connectivity index (χ2v) is 5.87. The van der Waals surface area contributed by atoms with Gasteiger partial charge in [0.15, 0.2) is 0 Å². The van der Waals surface area contributed by atoms with Gasteiger partial charge in [-0.1, -0.05) is 36.4 Å². The lowest BCUT2D eigenvalue weighted by Crippen LogP contribution is -1.94. The van der Waals surface area contributed by atoms with Crippen molar-refractivity contribution in [3.05, 3.63) is 54.0 Å². The van der Waals surface area contributed by atoms with E-state index in [9.17, 15) is 0 Å². The molecular formula is C16H13ClN2OS. The number of ether oxygens (including phenoxy) is 1. The molecule has 0 saturated heterocycles. The van der Waals surface area contributed by atoms with Gasteiger partial charge in [0.1, 0.15) is 23.8 Å². The van der Waals surface area contributed by atoms with Crippen molar-refractivity contribution in [3.63, 3.8) is 0 Å². The van der Waals surface area contributed by atoms with Crippen LogP contribution < -0.4 is 4.74 Å². The van der Waals surface area contributed by atoms with Crippen LogP contribution in [0.25, 0.3) is 20.7 Å². The topological polar surface area (TPSA) is 35.0 Å². The first-order valence-electron chi connectivity index (χ1n) is 6.45. The highest BCUT2D eigenvalue weighted by Crippen LogP contribution is 2.42. The number of rotatable bonds is 4. The van der Waals surface area contributed by atoms with Crippen molar-refractivity contribution in [3.8, 4) is 16.2 Å². The second-order valence-electron chi connectivity index (χ2n) is 4.49. The van der Waals surface area contributed by atoms with Gasteiger partial charge < -0.3 is 4.74 Å². The van der Waals surface area contributed by atoms with Crippen molar-refractivity contribution in [1.29, 1.82) is 0 Å². The molecule has 0 atom stereocenters. The van der Waals surface area contributed by atoms with Gasteiger partial charge in [-0.15, -0.1) is 11.3 Å². The summed E-state index contributed by atoms with van der Waals surface area (Å²) in [5.74, 6) is 0.830. The minimum atomic E-state index is 0.474. The van der Waals surface area contributed by atoms with Crippen LogP contribution in [-0.2, 0) is 0 Å². The molecule has 3 rings (SSSR count). The van der Waals surface area contributed by atoms with Crippen molar-refractivity contribution < 1.29 is 4.74 Å². The Morgan fingerprint density at radius 3 is 2.90 bits per heavy atom. The summed E-state index contributed by atoms with van der Waals surface area (Å²) in [6, 6.07) is 7.94. The van der Waals surface area contributed by atoms with E-state index in [1.165, 1.54) is 6.33 Å². The van der Waals surface area contributed by atoms with Gasteiger partial charge in [0.2, 0.25) is 0 Å². The van der Waals surface area contributed by atoms with Crippen LogP contribution in [0.15, 0.2) is 43.2 Å². The summed E-state index contributed by atoms with van der Waals surface area (Å²) >= 11 is 7.76. The van der Waals surface area contributed by atoms with E-state index < -0.39 is 0 Å². The molecule has 0 bridgehead atoms. The fourth-order valence-corrected chi connectivity index (χ4v) is 3.60. The number of aryl methyl sites for hydroxylation is 1. The van der Waals surface area contributed by atoms with E-state index in [1.807, 2.05) is 31.2 Å². The van der Waals surface area contributed by atoms with Crippen molar-refractivity contribution in [2.45, 2.75) is 6.92 Å². The zero-order valence-electron chi connectivity index (χ0n) is 11.5. The molecule has 0 unspecified atom stereocenters. The summed E-state index contributed by atoms with van der Waals surface area (Å²) in [4.78, 5) is 9.49. The highest BCUT2D eigenvalue weighted by molar-refractivity contribution is 7.23. The molecule has 21 heavy (non-hydrogen) atoms. The Kier molecular flexibility index (Phi) is 3.90. The van der Waals surface area contributed by atoms with E-state index in [2.05, 4.69) is 16.5 Å². The number of fused-ring (bicyclic) bond motifs is 1. The number of hydrogen-bond donors (Lipinski definition) is 0. The Morgan fingerprint density at radius 2 is 2.14 bits per heavy atom. The van der Waals surface area contributed by atoms with Gasteiger partial charge in [0, 0.05) is 10.4 Å². The third-order valence-electron chi connectivity index (χ3n) is 3.15. The summed E-state index contributed by atoms with van der Waals surface area (Å²) in [5.41, 5.74) is 3.03. The SMILES string of the molecule is C=CCOc1ccccc1-c1sc2c(Cl)ncnc2c1C. The molecule has 0 aliphatic rings. The van der Waals surface area contributed by atoms with Crippen molar-refractivity contribution in [2.75, 3.05) is 6.61 Å². The Balaban J connectivity index is 2.19. The number of halogens is 1. The number of hydrogen-bond acceptors (Lipinski definition) is 4. The quantitative estimate of drug-likeness (QED) is 0.508. The molecule has 0 aliphatic carbocycles. The first kappa shape index (κ1) is 14.0. The summed E-state index contributed by atoms with van der Waals surface area (Å²) in [5, 5.41) is 0.490. The van der Waals surface area contributed by atoms with Crippen LogP contribution in [0.1, 0.15) is 5.56 Å². The van der Waals surface area contributed by atoms with Gasteiger partial charge in [-0.3, -0.25) is 0 Å². The van der Waals surface area contributed by atoms with E-state index in [-0.39, 0.29) is 0 Å². The third-order valence-corrected chi connectivity index (χ3v) is 4.87. The monoisotopic (exact) mass is 316 g/mol. The molecular weight excluding hydrogens is 304 g/mol. The largest absolute Gasteiger partial charge is 0.489 e. The Bertz CT molecular complexity index is 813. The average Bonchev–Trinajstić information content (AvgIpc) is 2.84. The molecule has 3 nitrogen and oxygen atoms in total. The minimum absolute atomic E-state index is 0.474. The third kappa shape index (κ3) is 2.52. The highest BCUT2D eigenvalue weighted by Gasteiger charge is 2.16. The lowest BCUT2D eigenvalue weighted by molar-refractivity contribution is 0.365. The van der Waals surface area contributed by atoms with Crippen LogP contribution in [-0.4, -0.2) is 16.6 Å². The molecule has 0 spiro atoms. The lowest BCUT2D eigenvalue weighted by atomic mass is 10.1. The molecule has 0 N–H and O–H groups in total. The first-order valence-corrected chi connectivity index (χ1v) is 7.64. The molecule has 0 radical (unpaired) electrons. The maximum atomic E-state index is 6.17. The molecule has 106 valence electrons. The minimum Gasteiger partial charge on any atom is -0.489 e. The van der Waals surface area contributed by atoms with Gasteiger partial charge in [0.05, 0.1) is 10.2 Å². The fourth-order valence-electron chi connectivity index (χ4n) is 2.18. The average molecular weight is 317 g/mol. The molecule has 0 fully saturated rings. The van der Waals surface area contributed by atoms with E-state index in [0.29, 0.717) is 11.8 Å². The molecule has 2 heterocycles. The molecule has 5 heteroatoms. The van der Waals surface area contributed by atoms with E-state index in [4.69, 9.17) is 16.3 Å². The first-order chi connectivity index (χ1) is 10.2. The van der Waals surface area contributed by atoms with Crippen LogP contribution in [0.3, 0.4) is 0 Å². The Morgan fingerprint density at radius 1 is 1.33 bits per heavy atom. The smallest absolute Gasteiger partial charge is 0.150 e. The zero-order chi connectivity index (χ0) is 14.8. The summed E-state index contributed by atoms with van der Waals surface area (Å²) in [7, 11) is 0. The summed E-state index contributed by atoms with van der Waals surface area (Å²) in [6.07, 6.45) is 3.23. The molecule has 2 aromatic heterocycles. The maximum absolute atomic E-state index is 6.17. The Labute approximate surface area is 131 Å². The van der Waals surface area contributed by atoms with Crippen molar-refractivity contribution in [1.82, 2.24) is 9.97 Å². The van der Waals surface area contributed by atoms with Gasteiger partial charge in [-0.25, -0.2) is 9.97 Å². The molecule has 0 amide bonds. The summed E-state index contributed by atoms with van der Waals surface area (Å²) in [6.45, 7) is 6.20. The number of nitrogens with zero attached hydrogens (tertiary/aromatic N) is 2. The second kappa shape index (κ2) is 5.84. The molecule has 0 aliphatic heterocycles. The number of benzene rings is 1. The van der Waals surface area contributed by atoms with E-state index in [1.54, 1.807) is 17.4 Å². The van der Waals surface area contributed by atoms with Crippen molar-refractivity contribution >= 4 is 33.2 Å². The van der Waals surface area contributed by atoms with Gasteiger partial charge in [-0.2, -0.15) is 0 Å². The molecule has 3 aromatic rings. The van der Waals surface area contributed by atoms with Crippen LogP contribution in [0.5, 0.6) is 5.75 Å². The standard InChI is InChI=1S/C16H13ClN2OS/c1-3-8-20-12-7-5-4-6-11(12)14-10(2)13-15(21-14)16(17)19-9-18-13/h3-7,9H,1,8H2,2H3. The Hall–Kier alpha value is -1.91. The van der Waals surface area contributed by atoms with Crippen LogP contribution in [0.4, 0.5) is 0 Å². The predicted molar refractivity (Wildman–Crippen MR) is 88.3 cm³/mol. The van der Waals surface area contributed by atoms with Crippen LogP contribution >= 0.6 is 22.9 Å². The van der Waals surface area contributed by atoms with Gasteiger partial charge in [0.25, 0.3) is 0 Å². The zero-order valence-corrected chi connectivity index (χ0v) is 13.0. The number of para-hydroxylation sites is 1. The molecule has 0 saturated carbocycles. The summed E-state index contributed by atoms with van der Waals surface area (Å²) < 4.78 is 6.65. The lowest BCUT2D eigenvalue weighted by Gasteiger charge is -2.09. The van der Waals surface area contributed by atoms with Gasteiger partial charge >= 0.3 is 0 Å². The van der Waals surface area contributed by atoms with Crippen LogP contribution in [0, 0.1) is 6.92 Å². The molecule has 1 aromatic carbocycles. The normalized spacial score (nSPS) is 10.8. The fraction of sp³-hybridized carbons (Fsp3) is 0.125. The van der Waals surface area contributed by atoms with Crippen LogP contribution in [0.2, 0.25) is 5.15 Å². The van der Waals surface area contributed by atoms with Crippen molar-refractivity contribution in [2.24, 2.45) is 0 Å². The van der Waals surface area contributed by atoms with E-state index >= 15 is 0 Å². The van der Waals surface area contributed by atoms with E-state index in [0.717, 1.165) is 32.0 Å². The maximum Gasteiger partial charge on any atom is 0.150 e. The van der Waals surface area contributed by atoms with Gasteiger partial charge in [-0.05, 0) is 24.6 Å². The predicted octanol–water partition coefficient (Wildman–Crippen LogP) is 4.88. The number of aromatic nitrogens is 2. The highest BCUT2D eigenvalue weighted by atomic mass is 35.5.